The molecule has 1 saturated carbocycles. The lowest BCUT2D eigenvalue weighted by molar-refractivity contribution is 0.643. The van der Waals surface area contributed by atoms with Gasteiger partial charge in [-0.2, -0.15) is 0 Å². The average Bonchev–Trinajstić information content (AvgIpc) is 2.68. The SMILES string of the molecule is NSOc1ccc2c(c1)S(=O)C(C=C1CCCCCC1)=C2. The fourth-order valence-corrected chi connectivity index (χ4v) is 4.40. The zero-order chi connectivity index (χ0) is 14.7. The number of fused-ring (bicyclic) bond motifs is 1. The molecule has 1 heterocycles. The van der Waals surface area contributed by atoms with Crippen molar-refractivity contribution in [1.29, 1.82) is 0 Å². The van der Waals surface area contributed by atoms with E-state index in [1.807, 2.05) is 24.3 Å². The van der Waals surface area contributed by atoms with Gasteiger partial charge in [0.2, 0.25) is 0 Å². The molecule has 0 radical (unpaired) electrons. The summed E-state index contributed by atoms with van der Waals surface area (Å²) < 4.78 is 17.8. The maximum absolute atomic E-state index is 12.6. The molecule has 1 fully saturated rings. The van der Waals surface area contributed by atoms with Gasteiger partial charge < -0.3 is 4.18 Å². The van der Waals surface area contributed by atoms with E-state index in [0.717, 1.165) is 40.4 Å². The first-order chi connectivity index (χ1) is 10.3. The van der Waals surface area contributed by atoms with Crippen molar-refractivity contribution in [3.63, 3.8) is 0 Å². The highest BCUT2D eigenvalue weighted by Crippen LogP contribution is 2.35. The molecule has 1 unspecified atom stereocenters. The lowest BCUT2D eigenvalue weighted by atomic mass is 10.1. The molecule has 1 aliphatic heterocycles. The quantitative estimate of drug-likeness (QED) is 0.511. The van der Waals surface area contributed by atoms with Crippen LogP contribution in [-0.2, 0) is 10.8 Å². The Morgan fingerprint density at radius 1 is 1.19 bits per heavy atom. The summed E-state index contributed by atoms with van der Waals surface area (Å²) in [6, 6.07) is 5.62. The lowest BCUT2D eigenvalue weighted by Gasteiger charge is -2.04. The van der Waals surface area contributed by atoms with Gasteiger partial charge in [0, 0.05) is 4.91 Å². The van der Waals surface area contributed by atoms with Gasteiger partial charge in [-0.25, -0.2) is 9.35 Å². The minimum absolute atomic E-state index is 0.645. The summed E-state index contributed by atoms with van der Waals surface area (Å²) in [5, 5.41) is 5.30. The summed E-state index contributed by atoms with van der Waals surface area (Å²) in [4.78, 5) is 1.74. The second kappa shape index (κ2) is 6.81. The van der Waals surface area contributed by atoms with Crippen LogP contribution in [0, 0.1) is 0 Å². The number of hydrogen-bond acceptors (Lipinski definition) is 4. The molecule has 0 amide bonds. The molecule has 0 saturated heterocycles. The fraction of sp³-hybridized carbons (Fsp3) is 0.375. The van der Waals surface area contributed by atoms with E-state index in [1.54, 1.807) is 0 Å². The Labute approximate surface area is 132 Å². The summed E-state index contributed by atoms with van der Waals surface area (Å²) in [5.41, 5.74) is 2.46. The molecule has 1 aromatic rings. The first-order valence-corrected chi connectivity index (χ1v) is 9.24. The maximum atomic E-state index is 12.6. The molecule has 0 bridgehead atoms. The van der Waals surface area contributed by atoms with Gasteiger partial charge in [-0.1, -0.05) is 18.4 Å². The first-order valence-electron chi connectivity index (χ1n) is 7.28. The average molecular weight is 321 g/mol. The van der Waals surface area contributed by atoms with Crippen LogP contribution < -0.4 is 9.32 Å². The molecule has 0 spiro atoms. The van der Waals surface area contributed by atoms with Gasteiger partial charge in [-0.05, 0) is 61.6 Å². The number of benzene rings is 1. The fourth-order valence-electron chi connectivity index (χ4n) is 2.86. The predicted molar refractivity (Wildman–Crippen MR) is 89.0 cm³/mol. The van der Waals surface area contributed by atoms with Gasteiger partial charge in [-0.15, -0.1) is 0 Å². The molecule has 3 rings (SSSR count). The third-order valence-corrected chi connectivity index (χ3v) is 5.64. The monoisotopic (exact) mass is 321 g/mol. The second-order valence-electron chi connectivity index (χ2n) is 5.41. The van der Waals surface area contributed by atoms with Crippen molar-refractivity contribution in [3.05, 3.63) is 40.3 Å². The van der Waals surface area contributed by atoms with Crippen molar-refractivity contribution in [2.24, 2.45) is 5.14 Å². The summed E-state index contributed by atoms with van der Waals surface area (Å²) in [7, 11) is -1.10. The van der Waals surface area contributed by atoms with E-state index in [2.05, 4.69) is 6.08 Å². The highest BCUT2D eigenvalue weighted by molar-refractivity contribution is 7.92. The standard InChI is InChI=1S/C16H19NO2S2/c17-20-19-14-8-7-13-10-15(21(18)16(13)11-14)9-12-5-3-1-2-4-6-12/h7-11H,1-6,17H2. The Morgan fingerprint density at radius 2 is 1.95 bits per heavy atom. The van der Waals surface area contributed by atoms with Crippen molar-refractivity contribution in [3.8, 4) is 5.75 Å². The van der Waals surface area contributed by atoms with E-state index < -0.39 is 10.8 Å². The molecule has 0 aromatic heterocycles. The van der Waals surface area contributed by atoms with Gasteiger partial charge >= 0.3 is 0 Å². The van der Waals surface area contributed by atoms with Crippen LogP contribution in [0.25, 0.3) is 6.08 Å². The Hall–Kier alpha value is -1.04. The van der Waals surface area contributed by atoms with Crippen LogP contribution in [0.1, 0.15) is 44.1 Å². The molecular formula is C16H19NO2S2. The number of nitrogens with two attached hydrogens (primary N) is 1. The molecule has 3 nitrogen and oxygen atoms in total. The molecule has 112 valence electrons. The van der Waals surface area contributed by atoms with Crippen LogP contribution in [0.15, 0.2) is 39.6 Å². The Bertz CT molecular complexity index is 613. The van der Waals surface area contributed by atoms with Gasteiger partial charge in [0.05, 0.1) is 15.7 Å². The molecular weight excluding hydrogens is 302 g/mol. The van der Waals surface area contributed by atoms with Crippen molar-refractivity contribution >= 4 is 29.1 Å². The highest BCUT2D eigenvalue weighted by Gasteiger charge is 2.21. The number of hydrogen-bond donors (Lipinski definition) is 1. The molecule has 2 N–H and O–H groups in total. The maximum Gasteiger partial charge on any atom is 0.140 e. The first kappa shape index (κ1) is 14.9. The minimum atomic E-state index is -1.10. The Morgan fingerprint density at radius 3 is 2.67 bits per heavy atom. The topological polar surface area (TPSA) is 52.3 Å². The summed E-state index contributed by atoms with van der Waals surface area (Å²) in [6.45, 7) is 0. The van der Waals surface area contributed by atoms with Gasteiger partial charge in [0.15, 0.2) is 0 Å². The van der Waals surface area contributed by atoms with Crippen LogP contribution in [-0.4, -0.2) is 4.21 Å². The number of rotatable bonds is 3. The van der Waals surface area contributed by atoms with Crippen molar-refractivity contribution in [2.45, 2.75) is 43.4 Å². The summed E-state index contributed by atoms with van der Waals surface area (Å²) in [5.74, 6) is 0.645. The smallest absolute Gasteiger partial charge is 0.140 e. The van der Waals surface area contributed by atoms with E-state index in [-0.39, 0.29) is 0 Å². The highest BCUT2D eigenvalue weighted by atomic mass is 32.2. The zero-order valence-corrected chi connectivity index (χ0v) is 13.5. The van der Waals surface area contributed by atoms with E-state index in [1.165, 1.54) is 31.3 Å². The third-order valence-electron chi connectivity index (χ3n) is 3.93. The molecule has 1 atom stereocenters. The number of allylic oxidation sites excluding steroid dienone is 2. The van der Waals surface area contributed by atoms with Crippen molar-refractivity contribution < 1.29 is 8.39 Å². The van der Waals surface area contributed by atoms with E-state index >= 15 is 0 Å². The molecule has 1 aromatic carbocycles. The predicted octanol–water partition coefficient (Wildman–Crippen LogP) is 4.33. The van der Waals surface area contributed by atoms with Crippen LogP contribution in [0.2, 0.25) is 0 Å². The van der Waals surface area contributed by atoms with Crippen molar-refractivity contribution in [1.82, 2.24) is 0 Å². The van der Waals surface area contributed by atoms with Gasteiger partial charge in [0.1, 0.15) is 18.0 Å². The van der Waals surface area contributed by atoms with Crippen LogP contribution >= 0.6 is 12.2 Å². The third kappa shape index (κ3) is 3.42. The van der Waals surface area contributed by atoms with Gasteiger partial charge in [0.25, 0.3) is 0 Å². The van der Waals surface area contributed by atoms with Gasteiger partial charge in [-0.3, -0.25) is 0 Å². The zero-order valence-electron chi connectivity index (χ0n) is 11.8. The molecule has 21 heavy (non-hydrogen) atoms. The summed E-state index contributed by atoms with van der Waals surface area (Å²) in [6.07, 6.45) is 11.6. The Balaban J connectivity index is 1.83. The molecule has 1 aliphatic carbocycles. The second-order valence-corrected chi connectivity index (χ2v) is 7.22. The molecule has 5 heteroatoms. The van der Waals surface area contributed by atoms with Crippen LogP contribution in [0.4, 0.5) is 0 Å². The lowest BCUT2D eigenvalue weighted by Crippen LogP contribution is -1.93. The summed E-state index contributed by atoms with van der Waals surface area (Å²) >= 11 is 0.805. The van der Waals surface area contributed by atoms with Crippen LogP contribution in [0.5, 0.6) is 5.75 Å². The van der Waals surface area contributed by atoms with Crippen LogP contribution in [0.3, 0.4) is 0 Å². The van der Waals surface area contributed by atoms with E-state index in [4.69, 9.17) is 9.32 Å². The normalized spacial score (nSPS) is 21.5. The largest absolute Gasteiger partial charge is 0.410 e. The Kier molecular flexibility index (Phi) is 4.83. The van der Waals surface area contributed by atoms with E-state index in [9.17, 15) is 4.21 Å². The van der Waals surface area contributed by atoms with Crippen molar-refractivity contribution in [2.75, 3.05) is 0 Å². The molecule has 2 aliphatic rings. The minimum Gasteiger partial charge on any atom is -0.410 e. The van der Waals surface area contributed by atoms with E-state index in [0.29, 0.717) is 5.75 Å².